The Kier molecular flexibility index (Phi) is 6.35. The number of benzene rings is 1. The van der Waals surface area contributed by atoms with Gasteiger partial charge in [-0.25, -0.2) is 0 Å². The van der Waals surface area contributed by atoms with Crippen molar-refractivity contribution in [2.45, 2.75) is 19.3 Å². The fourth-order valence-electron chi connectivity index (χ4n) is 1.52. The van der Waals surface area contributed by atoms with Gasteiger partial charge in [-0.2, -0.15) is 0 Å². The summed E-state index contributed by atoms with van der Waals surface area (Å²) in [6, 6.07) is 5.71. The Balaban J connectivity index is 2.35. The highest BCUT2D eigenvalue weighted by Gasteiger charge is 2.05. The van der Waals surface area contributed by atoms with Crippen molar-refractivity contribution in [1.29, 1.82) is 0 Å². The Morgan fingerprint density at radius 2 is 2.11 bits per heavy atom. The Hall–Kier alpha value is -1.56. The van der Waals surface area contributed by atoms with E-state index in [-0.39, 0.29) is 18.7 Å². The molecule has 0 aliphatic heterocycles. The van der Waals surface area contributed by atoms with Crippen LogP contribution in [-0.2, 0) is 16.0 Å². The first-order valence-corrected chi connectivity index (χ1v) is 6.63. The molecular formula is C13H16BrNO4. The van der Waals surface area contributed by atoms with Gasteiger partial charge >= 0.3 is 5.97 Å². The number of ether oxygens (including phenoxy) is 1. The van der Waals surface area contributed by atoms with E-state index < -0.39 is 5.97 Å². The van der Waals surface area contributed by atoms with Crippen LogP contribution in [0.5, 0.6) is 5.75 Å². The van der Waals surface area contributed by atoms with Crippen LogP contribution in [0.3, 0.4) is 0 Å². The number of hydrogen-bond donors (Lipinski definition) is 2. The average molecular weight is 330 g/mol. The fourth-order valence-corrected chi connectivity index (χ4v) is 2.11. The Morgan fingerprint density at radius 3 is 2.68 bits per heavy atom. The van der Waals surface area contributed by atoms with Crippen LogP contribution < -0.4 is 10.1 Å². The molecule has 0 spiro atoms. The van der Waals surface area contributed by atoms with Gasteiger partial charge in [0.1, 0.15) is 5.75 Å². The Labute approximate surface area is 120 Å². The number of carboxylic acid groups (broad SMARTS) is 1. The zero-order valence-electron chi connectivity index (χ0n) is 10.6. The van der Waals surface area contributed by atoms with Gasteiger partial charge in [0.2, 0.25) is 5.91 Å². The standard InChI is InChI=1S/C13H16BrNO4/c1-19-11-3-2-9(8-10(11)14)6-7-15-12(16)4-5-13(17)18/h2-3,8H,4-7H2,1H3,(H,15,16)(H,17,18). The minimum Gasteiger partial charge on any atom is -0.496 e. The molecule has 5 nitrogen and oxygen atoms in total. The predicted molar refractivity (Wildman–Crippen MR) is 74.3 cm³/mol. The van der Waals surface area contributed by atoms with Crippen LogP contribution in [0, 0.1) is 0 Å². The molecule has 6 heteroatoms. The number of nitrogens with one attached hydrogen (secondary N) is 1. The van der Waals surface area contributed by atoms with Crippen molar-refractivity contribution in [3.05, 3.63) is 28.2 Å². The highest BCUT2D eigenvalue weighted by Crippen LogP contribution is 2.25. The second-order valence-electron chi connectivity index (χ2n) is 3.96. The lowest BCUT2D eigenvalue weighted by Gasteiger charge is -2.07. The molecule has 0 unspecified atom stereocenters. The predicted octanol–water partition coefficient (Wildman–Crippen LogP) is 1.98. The average Bonchev–Trinajstić information content (AvgIpc) is 2.36. The molecule has 1 aromatic carbocycles. The van der Waals surface area contributed by atoms with Crippen LogP contribution in [-0.4, -0.2) is 30.6 Å². The molecule has 0 atom stereocenters. The lowest BCUT2D eigenvalue weighted by molar-refractivity contribution is -0.138. The van der Waals surface area contributed by atoms with Crippen molar-refractivity contribution < 1.29 is 19.4 Å². The number of carbonyl (C=O) groups excluding carboxylic acids is 1. The number of aliphatic carboxylic acids is 1. The molecule has 0 saturated carbocycles. The normalized spacial score (nSPS) is 10.0. The summed E-state index contributed by atoms with van der Waals surface area (Å²) in [7, 11) is 1.60. The number of carboxylic acids is 1. The third-order valence-electron chi connectivity index (χ3n) is 2.52. The van der Waals surface area contributed by atoms with Crippen LogP contribution in [0.2, 0.25) is 0 Å². The lowest BCUT2D eigenvalue weighted by Crippen LogP contribution is -2.26. The first-order chi connectivity index (χ1) is 9.02. The molecule has 0 fully saturated rings. The van der Waals surface area contributed by atoms with Crippen molar-refractivity contribution in [2.75, 3.05) is 13.7 Å². The van der Waals surface area contributed by atoms with Gasteiger partial charge in [0, 0.05) is 13.0 Å². The van der Waals surface area contributed by atoms with Gasteiger partial charge < -0.3 is 15.2 Å². The Bertz CT molecular complexity index is 462. The largest absolute Gasteiger partial charge is 0.496 e. The number of halogens is 1. The highest BCUT2D eigenvalue weighted by atomic mass is 79.9. The van der Waals surface area contributed by atoms with E-state index in [0.717, 1.165) is 15.8 Å². The van der Waals surface area contributed by atoms with E-state index in [1.54, 1.807) is 7.11 Å². The van der Waals surface area contributed by atoms with E-state index >= 15 is 0 Å². The van der Waals surface area contributed by atoms with Crippen LogP contribution in [0.4, 0.5) is 0 Å². The molecular weight excluding hydrogens is 314 g/mol. The van der Waals surface area contributed by atoms with E-state index in [0.29, 0.717) is 13.0 Å². The quantitative estimate of drug-likeness (QED) is 0.802. The van der Waals surface area contributed by atoms with Gasteiger partial charge in [-0.1, -0.05) is 6.07 Å². The molecule has 1 amide bonds. The maximum atomic E-state index is 11.3. The molecule has 0 aromatic heterocycles. The molecule has 0 bridgehead atoms. The number of carbonyl (C=O) groups is 2. The van der Waals surface area contributed by atoms with Gasteiger partial charge in [0.15, 0.2) is 0 Å². The van der Waals surface area contributed by atoms with Crippen LogP contribution >= 0.6 is 15.9 Å². The van der Waals surface area contributed by atoms with Crippen molar-refractivity contribution >= 4 is 27.8 Å². The number of methoxy groups -OCH3 is 1. The second kappa shape index (κ2) is 7.78. The third-order valence-corrected chi connectivity index (χ3v) is 3.14. The highest BCUT2D eigenvalue weighted by molar-refractivity contribution is 9.10. The van der Waals surface area contributed by atoms with Crippen molar-refractivity contribution in [2.24, 2.45) is 0 Å². The zero-order valence-corrected chi connectivity index (χ0v) is 12.2. The molecule has 0 saturated heterocycles. The fraction of sp³-hybridized carbons (Fsp3) is 0.385. The van der Waals surface area contributed by atoms with Crippen LogP contribution in [0.15, 0.2) is 22.7 Å². The summed E-state index contributed by atoms with van der Waals surface area (Å²) in [5, 5.41) is 11.1. The van der Waals surface area contributed by atoms with Gasteiger partial charge in [-0.05, 0) is 40.0 Å². The second-order valence-corrected chi connectivity index (χ2v) is 4.82. The first-order valence-electron chi connectivity index (χ1n) is 5.84. The summed E-state index contributed by atoms with van der Waals surface area (Å²) in [5.41, 5.74) is 1.06. The van der Waals surface area contributed by atoms with Crippen molar-refractivity contribution in [1.82, 2.24) is 5.32 Å². The number of rotatable bonds is 7. The maximum absolute atomic E-state index is 11.3. The van der Waals surface area contributed by atoms with Crippen molar-refractivity contribution in [3.63, 3.8) is 0 Å². The first kappa shape index (κ1) is 15.5. The smallest absolute Gasteiger partial charge is 0.303 e. The summed E-state index contributed by atoms with van der Waals surface area (Å²) in [4.78, 5) is 21.6. The summed E-state index contributed by atoms with van der Waals surface area (Å²) < 4.78 is 5.99. The molecule has 19 heavy (non-hydrogen) atoms. The molecule has 104 valence electrons. The van der Waals surface area contributed by atoms with E-state index in [2.05, 4.69) is 21.2 Å². The van der Waals surface area contributed by atoms with Gasteiger partial charge in [-0.3, -0.25) is 9.59 Å². The van der Waals surface area contributed by atoms with E-state index in [1.165, 1.54) is 0 Å². The van der Waals surface area contributed by atoms with E-state index in [9.17, 15) is 9.59 Å². The molecule has 0 aliphatic rings. The molecule has 2 N–H and O–H groups in total. The molecule has 0 aliphatic carbocycles. The van der Waals surface area contributed by atoms with E-state index in [4.69, 9.17) is 9.84 Å². The molecule has 1 aromatic rings. The SMILES string of the molecule is COc1ccc(CCNC(=O)CCC(=O)O)cc1Br. The summed E-state index contributed by atoms with van der Waals surface area (Å²) in [5.74, 6) is -0.446. The molecule has 0 heterocycles. The molecule has 0 radical (unpaired) electrons. The van der Waals surface area contributed by atoms with Crippen molar-refractivity contribution in [3.8, 4) is 5.75 Å². The van der Waals surface area contributed by atoms with Crippen LogP contribution in [0.25, 0.3) is 0 Å². The number of amides is 1. The van der Waals surface area contributed by atoms with Gasteiger partial charge in [-0.15, -0.1) is 0 Å². The summed E-state index contributed by atoms with van der Waals surface area (Å²) in [6.45, 7) is 0.483. The van der Waals surface area contributed by atoms with Crippen LogP contribution in [0.1, 0.15) is 18.4 Å². The monoisotopic (exact) mass is 329 g/mol. The minimum atomic E-state index is -0.964. The summed E-state index contributed by atoms with van der Waals surface area (Å²) in [6.07, 6.45) is 0.558. The zero-order chi connectivity index (χ0) is 14.3. The van der Waals surface area contributed by atoms with E-state index in [1.807, 2.05) is 18.2 Å². The summed E-state index contributed by atoms with van der Waals surface area (Å²) >= 11 is 3.39. The molecule has 1 rings (SSSR count). The topological polar surface area (TPSA) is 75.6 Å². The number of hydrogen-bond acceptors (Lipinski definition) is 3. The lowest BCUT2D eigenvalue weighted by atomic mass is 10.1. The van der Waals surface area contributed by atoms with Gasteiger partial charge in [0.25, 0.3) is 0 Å². The third kappa shape index (κ3) is 5.74. The maximum Gasteiger partial charge on any atom is 0.303 e. The Morgan fingerprint density at radius 1 is 1.37 bits per heavy atom. The minimum absolute atomic E-state index is 0.0155. The van der Waals surface area contributed by atoms with Gasteiger partial charge in [0.05, 0.1) is 18.0 Å².